The molecule has 0 aromatic carbocycles. The summed E-state index contributed by atoms with van der Waals surface area (Å²) >= 11 is 0. The van der Waals surface area contributed by atoms with Crippen molar-refractivity contribution in [3.63, 3.8) is 0 Å². The van der Waals surface area contributed by atoms with Crippen LogP contribution in [0.3, 0.4) is 0 Å². The Balaban J connectivity index is 2.54. The summed E-state index contributed by atoms with van der Waals surface area (Å²) in [5.41, 5.74) is 0.626. The van der Waals surface area contributed by atoms with Gasteiger partial charge in [0.05, 0.1) is 6.61 Å². The van der Waals surface area contributed by atoms with Crippen LogP contribution in [-0.2, 0) is 25.6 Å². The van der Waals surface area contributed by atoms with E-state index in [0.717, 1.165) is 6.08 Å². The minimum absolute atomic E-state index is 0.0377. The molecule has 0 atom stereocenters. The molecule has 1 rings (SSSR count). The van der Waals surface area contributed by atoms with Crippen molar-refractivity contribution in [2.45, 2.75) is 6.54 Å². The molecule has 0 unspecified atom stereocenters. The zero-order valence-electron chi connectivity index (χ0n) is 10.0. The molecule has 0 spiro atoms. The molecule has 1 N–H and O–H groups in total. The minimum Gasteiger partial charge on any atom is -0.478 e. The van der Waals surface area contributed by atoms with Gasteiger partial charge in [0.1, 0.15) is 13.2 Å². The molecule has 98 valence electrons. The molecule has 6 nitrogen and oxygen atoms in total. The van der Waals surface area contributed by atoms with Crippen LogP contribution in [0.5, 0.6) is 0 Å². The van der Waals surface area contributed by atoms with Gasteiger partial charge >= 0.3 is 11.9 Å². The van der Waals surface area contributed by atoms with Crippen molar-refractivity contribution in [2.75, 3.05) is 20.3 Å². The summed E-state index contributed by atoms with van der Waals surface area (Å²) < 4.78 is 11.3. The van der Waals surface area contributed by atoms with Gasteiger partial charge in [-0.2, -0.15) is 0 Å². The van der Waals surface area contributed by atoms with Gasteiger partial charge in [-0.25, -0.2) is 4.79 Å². The number of hydrogen-bond donors (Lipinski definition) is 1. The van der Waals surface area contributed by atoms with E-state index >= 15 is 0 Å². The molecule has 0 bridgehead atoms. The molecule has 0 radical (unpaired) electrons. The number of carbonyl (C=O) groups excluding carboxylic acids is 1. The fraction of sp³-hybridized carbons (Fsp3) is 0.333. The summed E-state index contributed by atoms with van der Waals surface area (Å²) in [6.45, 7) is 0.593. The maximum Gasteiger partial charge on any atom is 0.328 e. The first-order chi connectivity index (χ1) is 8.63. The van der Waals surface area contributed by atoms with E-state index in [9.17, 15) is 9.59 Å². The normalized spacial score (nSPS) is 10.7. The summed E-state index contributed by atoms with van der Waals surface area (Å²) in [6, 6.07) is 3.44. The highest BCUT2D eigenvalue weighted by Crippen LogP contribution is 2.05. The molecule has 1 heterocycles. The topological polar surface area (TPSA) is 77.8 Å². The zero-order chi connectivity index (χ0) is 13.4. The average molecular weight is 253 g/mol. The van der Waals surface area contributed by atoms with Gasteiger partial charge in [0, 0.05) is 25.1 Å². The molecular formula is C12H15NO5. The van der Waals surface area contributed by atoms with Crippen LogP contribution in [0.4, 0.5) is 0 Å². The van der Waals surface area contributed by atoms with Crippen LogP contribution in [0, 0.1) is 0 Å². The van der Waals surface area contributed by atoms with E-state index in [4.69, 9.17) is 14.6 Å². The van der Waals surface area contributed by atoms with E-state index in [1.54, 1.807) is 22.9 Å². The lowest BCUT2D eigenvalue weighted by molar-refractivity contribution is -0.145. The molecular weight excluding hydrogens is 238 g/mol. The number of esters is 1. The minimum atomic E-state index is -1.04. The zero-order valence-corrected chi connectivity index (χ0v) is 10.0. The van der Waals surface area contributed by atoms with E-state index in [1.165, 1.54) is 13.2 Å². The summed E-state index contributed by atoms with van der Waals surface area (Å²) in [5, 5.41) is 8.53. The largest absolute Gasteiger partial charge is 0.478 e. The maximum absolute atomic E-state index is 11.4. The van der Waals surface area contributed by atoms with Gasteiger partial charge in [0.2, 0.25) is 0 Å². The van der Waals surface area contributed by atoms with Gasteiger partial charge in [-0.15, -0.1) is 0 Å². The van der Waals surface area contributed by atoms with Crippen molar-refractivity contribution in [2.24, 2.45) is 0 Å². The van der Waals surface area contributed by atoms with Crippen LogP contribution in [0.1, 0.15) is 5.69 Å². The predicted octanol–water partition coefficient (Wildman–Crippen LogP) is 0.775. The monoisotopic (exact) mass is 253 g/mol. The van der Waals surface area contributed by atoms with Gasteiger partial charge in [0.25, 0.3) is 0 Å². The SMILES string of the molecule is COCCOC(=O)Cn1cccc1/C=C/C(=O)O. The Hall–Kier alpha value is -2.08. The number of nitrogens with zero attached hydrogens (tertiary/aromatic N) is 1. The third-order valence-corrected chi connectivity index (χ3v) is 2.11. The Bertz CT molecular complexity index is 435. The number of aliphatic carboxylic acids is 1. The maximum atomic E-state index is 11.4. The van der Waals surface area contributed by atoms with Crippen LogP contribution in [0.25, 0.3) is 6.08 Å². The highest BCUT2D eigenvalue weighted by atomic mass is 16.6. The summed E-state index contributed by atoms with van der Waals surface area (Å²) in [7, 11) is 1.52. The van der Waals surface area contributed by atoms with E-state index in [-0.39, 0.29) is 13.2 Å². The van der Waals surface area contributed by atoms with Gasteiger partial charge in [-0.05, 0) is 18.2 Å². The number of carboxylic acids is 1. The van der Waals surface area contributed by atoms with Gasteiger partial charge in [0.15, 0.2) is 0 Å². The van der Waals surface area contributed by atoms with E-state index in [2.05, 4.69) is 0 Å². The second kappa shape index (κ2) is 7.29. The fourth-order valence-electron chi connectivity index (χ4n) is 1.30. The van der Waals surface area contributed by atoms with Crippen LogP contribution >= 0.6 is 0 Å². The smallest absolute Gasteiger partial charge is 0.328 e. The van der Waals surface area contributed by atoms with E-state index < -0.39 is 11.9 Å². The number of methoxy groups -OCH3 is 1. The highest BCUT2D eigenvalue weighted by molar-refractivity contribution is 5.85. The molecule has 0 saturated heterocycles. The molecule has 0 aliphatic rings. The number of hydrogen-bond acceptors (Lipinski definition) is 4. The number of carbonyl (C=O) groups is 2. The number of ether oxygens (including phenoxy) is 2. The Morgan fingerprint density at radius 2 is 2.22 bits per heavy atom. The first-order valence-corrected chi connectivity index (χ1v) is 5.34. The van der Waals surface area contributed by atoms with Crippen LogP contribution in [0.15, 0.2) is 24.4 Å². The van der Waals surface area contributed by atoms with E-state index in [1.807, 2.05) is 0 Å². The lowest BCUT2D eigenvalue weighted by Crippen LogP contribution is -2.16. The molecule has 0 aliphatic heterocycles. The molecule has 0 saturated carbocycles. The van der Waals surface area contributed by atoms with Crippen LogP contribution in [-0.4, -0.2) is 41.9 Å². The third kappa shape index (κ3) is 4.84. The molecule has 0 fully saturated rings. The second-order valence-electron chi connectivity index (χ2n) is 3.45. The van der Waals surface area contributed by atoms with Crippen molar-refractivity contribution in [3.8, 4) is 0 Å². The van der Waals surface area contributed by atoms with Crippen molar-refractivity contribution >= 4 is 18.0 Å². The van der Waals surface area contributed by atoms with Crippen LogP contribution in [0.2, 0.25) is 0 Å². The lowest BCUT2D eigenvalue weighted by Gasteiger charge is -2.07. The molecule has 6 heteroatoms. The van der Waals surface area contributed by atoms with Crippen LogP contribution < -0.4 is 0 Å². The highest BCUT2D eigenvalue weighted by Gasteiger charge is 2.06. The number of aromatic nitrogens is 1. The summed E-state index contributed by atoms with van der Waals surface area (Å²) in [4.78, 5) is 21.8. The number of rotatable bonds is 7. The Morgan fingerprint density at radius 1 is 1.44 bits per heavy atom. The standard InChI is InChI=1S/C12H15NO5/c1-17-7-8-18-12(16)9-13-6-2-3-10(13)4-5-11(14)15/h2-6H,7-9H2,1H3,(H,14,15)/b5-4+. The first-order valence-electron chi connectivity index (χ1n) is 5.34. The molecule has 1 aromatic heterocycles. The van der Waals surface area contributed by atoms with Crippen molar-refractivity contribution in [1.29, 1.82) is 0 Å². The van der Waals surface area contributed by atoms with Gasteiger partial charge in [-0.1, -0.05) is 0 Å². The summed E-state index contributed by atoms with van der Waals surface area (Å²) in [5.74, 6) is -1.43. The average Bonchev–Trinajstić information content (AvgIpc) is 2.74. The quantitative estimate of drug-likeness (QED) is 0.441. The molecule has 0 amide bonds. The van der Waals surface area contributed by atoms with E-state index in [0.29, 0.717) is 12.3 Å². The van der Waals surface area contributed by atoms with Crippen molar-refractivity contribution in [3.05, 3.63) is 30.1 Å². The molecule has 1 aromatic rings. The van der Waals surface area contributed by atoms with Crippen molar-refractivity contribution in [1.82, 2.24) is 4.57 Å². The van der Waals surface area contributed by atoms with Crippen molar-refractivity contribution < 1.29 is 24.2 Å². The summed E-state index contributed by atoms with van der Waals surface area (Å²) in [6.07, 6.45) is 4.12. The predicted molar refractivity (Wildman–Crippen MR) is 63.9 cm³/mol. The Kier molecular flexibility index (Phi) is 5.66. The molecule has 18 heavy (non-hydrogen) atoms. The lowest BCUT2D eigenvalue weighted by atomic mass is 10.3. The second-order valence-corrected chi connectivity index (χ2v) is 3.45. The molecule has 0 aliphatic carbocycles. The fourth-order valence-corrected chi connectivity index (χ4v) is 1.30. The third-order valence-electron chi connectivity index (χ3n) is 2.11. The number of carboxylic acid groups (broad SMARTS) is 1. The Morgan fingerprint density at radius 3 is 2.89 bits per heavy atom. The Labute approximate surface area is 104 Å². The van der Waals surface area contributed by atoms with Gasteiger partial charge in [-0.3, -0.25) is 4.79 Å². The van der Waals surface area contributed by atoms with Gasteiger partial charge < -0.3 is 19.1 Å². The first kappa shape index (κ1) is 14.0.